The monoisotopic (exact) mass is 217 g/mol. The van der Waals surface area contributed by atoms with Gasteiger partial charge in [-0.15, -0.1) is 0 Å². The molecule has 0 aromatic carbocycles. The lowest BCUT2D eigenvalue weighted by atomic mass is 10.4. The molecule has 2 aromatic heterocycles. The van der Waals surface area contributed by atoms with Crippen LogP contribution in [0.15, 0.2) is 27.9 Å². The summed E-state index contributed by atoms with van der Waals surface area (Å²) in [6, 6.07) is 3.78. The summed E-state index contributed by atoms with van der Waals surface area (Å²) in [5, 5.41) is 2.93. The van der Waals surface area contributed by atoms with Gasteiger partial charge in [0.15, 0.2) is 11.8 Å². The van der Waals surface area contributed by atoms with Crippen molar-refractivity contribution in [3.05, 3.63) is 29.9 Å². The van der Waals surface area contributed by atoms with Crippen molar-refractivity contribution in [1.82, 2.24) is 14.9 Å². The molecular formula is C10H11N5O. The summed E-state index contributed by atoms with van der Waals surface area (Å²) in [5.41, 5.74) is 6.49. The van der Waals surface area contributed by atoms with Crippen molar-refractivity contribution in [1.29, 1.82) is 0 Å². The van der Waals surface area contributed by atoms with E-state index in [2.05, 4.69) is 15.3 Å². The van der Waals surface area contributed by atoms with Gasteiger partial charge in [0, 0.05) is 6.07 Å². The smallest absolute Gasteiger partial charge is 0.206 e. The molecule has 6 heteroatoms. The van der Waals surface area contributed by atoms with E-state index in [4.69, 9.17) is 10.2 Å². The Morgan fingerprint density at radius 2 is 2.38 bits per heavy atom. The van der Waals surface area contributed by atoms with Gasteiger partial charge in [-0.3, -0.25) is 4.57 Å². The van der Waals surface area contributed by atoms with E-state index < -0.39 is 0 Å². The molecule has 0 saturated heterocycles. The number of hydrogen-bond donors (Lipinski definition) is 2. The summed E-state index contributed by atoms with van der Waals surface area (Å²) in [7, 11) is 0. The molecule has 0 saturated carbocycles. The van der Waals surface area contributed by atoms with Gasteiger partial charge in [-0.1, -0.05) is 0 Å². The molecule has 0 bridgehead atoms. The molecule has 2 aromatic rings. The van der Waals surface area contributed by atoms with Crippen molar-refractivity contribution in [3.63, 3.8) is 0 Å². The van der Waals surface area contributed by atoms with Gasteiger partial charge in [-0.2, -0.15) is 4.99 Å². The molecule has 0 unspecified atom stereocenters. The molecule has 0 spiro atoms. The summed E-state index contributed by atoms with van der Waals surface area (Å²) in [6.07, 6.45) is 1.69. The molecule has 0 atom stereocenters. The second-order valence-corrected chi connectivity index (χ2v) is 3.62. The van der Waals surface area contributed by atoms with E-state index in [9.17, 15) is 0 Å². The summed E-state index contributed by atoms with van der Waals surface area (Å²) in [6.45, 7) is 2.49. The third-order valence-corrected chi connectivity index (χ3v) is 2.44. The lowest BCUT2D eigenvalue weighted by Crippen LogP contribution is -2.33. The minimum Gasteiger partial charge on any atom is -0.445 e. The molecule has 1 aliphatic rings. The molecule has 0 amide bonds. The largest absolute Gasteiger partial charge is 0.445 e. The molecule has 3 N–H and O–H groups in total. The number of nitrogens with two attached hydrogens (primary N) is 1. The number of nitrogens with zero attached hydrogens (tertiary/aromatic N) is 3. The normalized spacial score (nSPS) is 14.2. The van der Waals surface area contributed by atoms with Crippen LogP contribution in [0.3, 0.4) is 0 Å². The zero-order chi connectivity index (χ0) is 11.1. The first kappa shape index (κ1) is 9.02. The maximum Gasteiger partial charge on any atom is 0.206 e. The van der Waals surface area contributed by atoms with Crippen LogP contribution in [0, 0.1) is 6.92 Å². The maximum atomic E-state index is 5.63. The average Bonchev–Trinajstić information content (AvgIpc) is 2.83. The molecule has 82 valence electrons. The first-order valence-corrected chi connectivity index (χ1v) is 4.95. The third kappa shape index (κ3) is 1.27. The molecule has 1 aliphatic heterocycles. The lowest BCUT2D eigenvalue weighted by Gasteiger charge is -2.11. The van der Waals surface area contributed by atoms with E-state index in [-0.39, 0.29) is 0 Å². The average molecular weight is 217 g/mol. The number of imidazole rings is 1. The van der Waals surface area contributed by atoms with Gasteiger partial charge in [0.25, 0.3) is 0 Å². The van der Waals surface area contributed by atoms with Crippen LogP contribution >= 0.6 is 0 Å². The third-order valence-electron chi connectivity index (χ3n) is 2.44. The highest BCUT2D eigenvalue weighted by Gasteiger charge is 2.17. The Labute approximate surface area is 91.8 Å². The van der Waals surface area contributed by atoms with Gasteiger partial charge in [0.1, 0.15) is 17.8 Å². The van der Waals surface area contributed by atoms with Gasteiger partial charge < -0.3 is 15.5 Å². The van der Waals surface area contributed by atoms with E-state index in [1.165, 1.54) is 0 Å². The fraction of sp³-hybridized carbons (Fsp3) is 0.200. The first-order valence-electron chi connectivity index (χ1n) is 4.95. The number of furan rings is 1. The SMILES string of the molecule is Cc1ccc(-n2cnc3c2N=C(N)NC3)o1. The standard InChI is InChI=1S/C10H11N5O/c1-6-2-3-8(16-6)15-5-13-7-4-12-10(11)14-9(7)15/h2-3,5H,4H2,1H3,(H3,11,12,14). The van der Waals surface area contributed by atoms with E-state index in [0.29, 0.717) is 18.4 Å². The topological polar surface area (TPSA) is 81.4 Å². The number of nitrogens with one attached hydrogen (secondary N) is 1. The van der Waals surface area contributed by atoms with Crippen molar-refractivity contribution >= 4 is 11.8 Å². The zero-order valence-electron chi connectivity index (χ0n) is 8.77. The van der Waals surface area contributed by atoms with Crippen molar-refractivity contribution in [3.8, 4) is 5.88 Å². The molecule has 6 nitrogen and oxygen atoms in total. The number of aromatic nitrogens is 2. The van der Waals surface area contributed by atoms with E-state index in [0.717, 1.165) is 17.3 Å². The Morgan fingerprint density at radius 1 is 1.50 bits per heavy atom. The predicted octanol–water partition coefficient (Wildman–Crippen LogP) is 0.823. The Morgan fingerprint density at radius 3 is 3.12 bits per heavy atom. The summed E-state index contributed by atoms with van der Waals surface area (Å²) < 4.78 is 7.31. The predicted molar refractivity (Wildman–Crippen MR) is 58.7 cm³/mol. The minimum atomic E-state index is 0.400. The summed E-state index contributed by atoms with van der Waals surface area (Å²) in [5.74, 6) is 2.68. The number of guanidine groups is 1. The van der Waals surface area contributed by atoms with E-state index >= 15 is 0 Å². The summed E-state index contributed by atoms with van der Waals surface area (Å²) in [4.78, 5) is 8.47. The van der Waals surface area contributed by atoms with Crippen LogP contribution in [0.4, 0.5) is 5.82 Å². The van der Waals surface area contributed by atoms with Crippen LogP contribution in [-0.4, -0.2) is 15.5 Å². The zero-order valence-corrected chi connectivity index (χ0v) is 8.77. The van der Waals surface area contributed by atoms with Gasteiger partial charge in [-0.05, 0) is 13.0 Å². The van der Waals surface area contributed by atoms with Crippen molar-refractivity contribution in [2.45, 2.75) is 13.5 Å². The highest BCUT2D eigenvalue weighted by Crippen LogP contribution is 2.25. The van der Waals surface area contributed by atoms with Crippen LogP contribution in [0.25, 0.3) is 5.88 Å². The van der Waals surface area contributed by atoms with Crippen LogP contribution in [0.1, 0.15) is 11.5 Å². The first-order chi connectivity index (χ1) is 7.74. The van der Waals surface area contributed by atoms with Gasteiger partial charge in [-0.25, -0.2) is 4.98 Å². The fourth-order valence-corrected chi connectivity index (χ4v) is 1.66. The lowest BCUT2D eigenvalue weighted by molar-refractivity contribution is 0.511. The fourth-order valence-electron chi connectivity index (χ4n) is 1.66. The Balaban J connectivity index is 2.14. The quantitative estimate of drug-likeness (QED) is 0.741. The molecule has 3 heterocycles. The molecular weight excluding hydrogens is 206 g/mol. The second kappa shape index (κ2) is 3.13. The van der Waals surface area contributed by atoms with Crippen LogP contribution in [0.2, 0.25) is 0 Å². The highest BCUT2D eigenvalue weighted by molar-refractivity contribution is 5.82. The van der Waals surface area contributed by atoms with Crippen molar-refractivity contribution in [2.24, 2.45) is 10.7 Å². The van der Waals surface area contributed by atoms with Crippen molar-refractivity contribution in [2.75, 3.05) is 0 Å². The highest BCUT2D eigenvalue weighted by atomic mass is 16.4. The van der Waals surface area contributed by atoms with E-state index in [1.807, 2.05) is 19.1 Å². The second-order valence-electron chi connectivity index (χ2n) is 3.62. The van der Waals surface area contributed by atoms with Crippen LogP contribution in [-0.2, 0) is 6.54 Å². The number of hydrogen-bond acceptors (Lipinski definition) is 5. The molecule has 3 rings (SSSR count). The minimum absolute atomic E-state index is 0.400. The molecule has 0 radical (unpaired) electrons. The number of aryl methyl sites for hydroxylation is 1. The Hall–Kier alpha value is -2.24. The van der Waals surface area contributed by atoms with Crippen LogP contribution < -0.4 is 11.1 Å². The van der Waals surface area contributed by atoms with Gasteiger partial charge >= 0.3 is 0 Å². The number of fused-ring (bicyclic) bond motifs is 1. The molecule has 0 aliphatic carbocycles. The van der Waals surface area contributed by atoms with Gasteiger partial charge in [0.2, 0.25) is 5.88 Å². The molecule has 0 fully saturated rings. The Bertz CT molecular complexity index is 566. The number of aliphatic imine (C=N–C) groups is 1. The van der Waals surface area contributed by atoms with Crippen LogP contribution in [0.5, 0.6) is 0 Å². The number of rotatable bonds is 1. The van der Waals surface area contributed by atoms with Gasteiger partial charge in [0.05, 0.1) is 6.54 Å². The Kier molecular flexibility index (Phi) is 1.76. The van der Waals surface area contributed by atoms with E-state index in [1.54, 1.807) is 10.9 Å². The van der Waals surface area contributed by atoms with Crippen molar-refractivity contribution < 1.29 is 4.42 Å². The maximum absolute atomic E-state index is 5.63. The molecule has 16 heavy (non-hydrogen) atoms. The summed E-state index contributed by atoms with van der Waals surface area (Å²) >= 11 is 0.